The van der Waals surface area contributed by atoms with Crippen molar-refractivity contribution in [1.82, 2.24) is 4.57 Å². The number of benzene rings is 5. The van der Waals surface area contributed by atoms with Crippen LogP contribution in [0.1, 0.15) is 47.5 Å². The number of ether oxygens (including phenoxy) is 1. The van der Waals surface area contributed by atoms with Crippen LogP contribution in [0.2, 0.25) is 0 Å². The number of rotatable bonds is 6. The fraction of sp³-hybridized carbons (Fsp3) is 0.118. The number of fused-ring (bicyclic) bond motifs is 3. The lowest BCUT2D eigenvalue weighted by molar-refractivity contribution is -0.150. The Morgan fingerprint density at radius 2 is 1.16 bits per heavy atom. The molecule has 0 amide bonds. The molecule has 6 rings (SSSR count). The third-order valence-corrected chi connectivity index (χ3v) is 7.32. The summed E-state index contributed by atoms with van der Waals surface area (Å²) in [5, 5.41) is 5.08. The van der Waals surface area contributed by atoms with Gasteiger partial charge in [0.15, 0.2) is 11.9 Å². The van der Waals surface area contributed by atoms with E-state index in [1.54, 1.807) is 13.1 Å². The number of esters is 1. The molecule has 186 valence electrons. The Bertz CT molecular complexity index is 1740. The van der Waals surface area contributed by atoms with Crippen LogP contribution in [0.3, 0.4) is 0 Å². The highest BCUT2D eigenvalue weighted by Crippen LogP contribution is 2.37. The smallest absolute Gasteiger partial charge is 0.329 e. The number of carbonyl (C=O) groups excluding carboxylic acids is 2. The van der Waals surface area contributed by atoms with Gasteiger partial charge in [0.1, 0.15) is 6.04 Å². The van der Waals surface area contributed by atoms with Crippen molar-refractivity contribution in [2.45, 2.75) is 26.0 Å². The van der Waals surface area contributed by atoms with Crippen LogP contribution >= 0.6 is 0 Å². The van der Waals surface area contributed by atoms with Crippen molar-refractivity contribution in [3.8, 4) is 0 Å². The number of hydrogen-bond acceptors (Lipinski definition) is 3. The number of para-hydroxylation sites is 1. The zero-order chi connectivity index (χ0) is 26.2. The molecule has 1 atom stereocenters. The standard InChI is InChI=1S/C34H27NO3/c1-22(35-21-31(23(2)36)28-17-7-8-20-32(28)35)34(37)38-33(29-18-9-13-24-11-3-5-15-26(24)29)30-19-10-14-25-12-4-6-16-27(25)30/h3-22,33H,1-2H3/t22-/m0/s1. The van der Waals surface area contributed by atoms with E-state index in [0.29, 0.717) is 5.56 Å². The predicted molar refractivity (Wildman–Crippen MR) is 152 cm³/mol. The molecular formula is C34H27NO3. The summed E-state index contributed by atoms with van der Waals surface area (Å²) < 4.78 is 8.27. The Labute approximate surface area is 221 Å². The van der Waals surface area contributed by atoms with Crippen LogP contribution in [-0.4, -0.2) is 16.3 Å². The fourth-order valence-corrected chi connectivity index (χ4v) is 5.39. The summed E-state index contributed by atoms with van der Waals surface area (Å²) >= 11 is 0. The topological polar surface area (TPSA) is 48.3 Å². The van der Waals surface area contributed by atoms with E-state index in [9.17, 15) is 9.59 Å². The van der Waals surface area contributed by atoms with Gasteiger partial charge < -0.3 is 9.30 Å². The largest absolute Gasteiger partial charge is 0.451 e. The Morgan fingerprint density at radius 3 is 1.74 bits per heavy atom. The molecule has 0 spiro atoms. The number of hydrogen-bond donors (Lipinski definition) is 0. The van der Waals surface area contributed by atoms with Crippen molar-refractivity contribution < 1.29 is 14.3 Å². The zero-order valence-corrected chi connectivity index (χ0v) is 21.3. The molecule has 0 aliphatic carbocycles. The van der Waals surface area contributed by atoms with E-state index in [0.717, 1.165) is 43.6 Å². The molecule has 5 aromatic carbocycles. The van der Waals surface area contributed by atoms with Crippen LogP contribution in [0, 0.1) is 0 Å². The van der Waals surface area contributed by atoms with Gasteiger partial charge in [-0.25, -0.2) is 4.79 Å². The van der Waals surface area contributed by atoms with Gasteiger partial charge in [-0.1, -0.05) is 103 Å². The molecule has 1 heterocycles. The summed E-state index contributed by atoms with van der Waals surface area (Å²) in [5.74, 6) is -0.406. The SMILES string of the molecule is CC(=O)c1cn([C@@H](C)C(=O)OC(c2cccc3ccccc23)c2cccc3ccccc23)c2ccccc12. The van der Waals surface area contributed by atoms with Gasteiger partial charge in [-0.3, -0.25) is 4.79 Å². The molecule has 38 heavy (non-hydrogen) atoms. The second-order valence-electron chi connectivity index (χ2n) is 9.65. The maximum Gasteiger partial charge on any atom is 0.329 e. The normalized spacial score (nSPS) is 12.3. The first-order chi connectivity index (χ1) is 18.5. The van der Waals surface area contributed by atoms with Crippen molar-refractivity contribution >= 4 is 44.2 Å². The zero-order valence-electron chi connectivity index (χ0n) is 21.3. The number of ketones is 1. The van der Waals surface area contributed by atoms with Crippen molar-refractivity contribution in [3.63, 3.8) is 0 Å². The summed E-state index contributed by atoms with van der Waals surface area (Å²) in [6.07, 6.45) is 1.15. The Kier molecular flexibility index (Phi) is 6.01. The first kappa shape index (κ1) is 23.7. The van der Waals surface area contributed by atoms with Crippen LogP contribution in [0.15, 0.2) is 115 Å². The highest BCUT2D eigenvalue weighted by molar-refractivity contribution is 6.07. The van der Waals surface area contributed by atoms with Gasteiger partial charge in [-0.2, -0.15) is 0 Å². The Morgan fingerprint density at radius 1 is 0.658 bits per heavy atom. The van der Waals surface area contributed by atoms with E-state index >= 15 is 0 Å². The number of Topliss-reactive ketones (excluding diaryl/α,β-unsaturated/α-hetero) is 1. The molecule has 0 fully saturated rings. The molecule has 1 aromatic heterocycles. The van der Waals surface area contributed by atoms with E-state index in [4.69, 9.17) is 4.74 Å². The quantitative estimate of drug-likeness (QED) is 0.173. The van der Waals surface area contributed by atoms with Gasteiger partial charge in [-0.05, 0) is 41.5 Å². The van der Waals surface area contributed by atoms with E-state index in [2.05, 4.69) is 36.4 Å². The van der Waals surface area contributed by atoms with Crippen molar-refractivity contribution in [2.75, 3.05) is 0 Å². The average Bonchev–Trinajstić information content (AvgIpc) is 3.35. The third-order valence-electron chi connectivity index (χ3n) is 7.32. The number of carbonyl (C=O) groups is 2. The minimum atomic E-state index is -0.638. The molecule has 0 saturated carbocycles. The van der Waals surface area contributed by atoms with Gasteiger partial charge in [0.25, 0.3) is 0 Å². The fourth-order valence-electron chi connectivity index (χ4n) is 5.39. The lowest BCUT2D eigenvalue weighted by Gasteiger charge is -2.24. The molecule has 0 aliphatic heterocycles. The molecule has 4 nitrogen and oxygen atoms in total. The monoisotopic (exact) mass is 497 g/mol. The van der Waals surface area contributed by atoms with E-state index in [1.807, 2.05) is 84.3 Å². The highest BCUT2D eigenvalue weighted by Gasteiger charge is 2.28. The average molecular weight is 498 g/mol. The summed E-state index contributed by atoms with van der Waals surface area (Å²) in [4.78, 5) is 26.2. The summed E-state index contributed by atoms with van der Waals surface area (Å²) in [6.45, 7) is 3.37. The van der Waals surface area contributed by atoms with Crippen LogP contribution in [-0.2, 0) is 9.53 Å². The minimum absolute atomic E-state index is 0.0371. The molecular weight excluding hydrogens is 470 g/mol. The summed E-state index contributed by atoms with van der Waals surface area (Å²) in [5.41, 5.74) is 3.29. The van der Waals surface area contributed by atoms with Crippen molar-refractivity contribution in [2.24, 2.45) is 0 Å². The molecule has 0 N–H and O–H groups in total. The first-order valence-electron chi connectivity index (χ1n) is 12.8. The van der Waals surface area contributed by atoms with Gasteiger partial charge in [0, 0.05) is 33.8 Å². The molecule has 0 bridgehead atoms. The molecule has 0 aliphatic rings. The molecule has 6 aromatic rings. The molecule has 0 radical (unpaired) electrons. The van der Waals surface area contributed by atoms with Crippen LogP contribution in [0.4, 0.5) is 0 Å². The summed E-state index contributed by atoms with van der Waals surface area (Å²) in [6, 6.07) is 35.5. The number of nitrogens with zero attached hydrogens (tertiary/aromatic N) is 1. The van der Waals surface area contributed by atoms with Gasteiger partial charge in [0.05, 0.1) is 0 Å². The molecule has 0 unspecified atom stereocenters. The van der Waals surface area contributed by atoms with Crippen molar-refractivity contribution in [1.29, 1.82) is 0 Å². The third kappa shape index (κ3) is 4.04. The van der Waals surface area contributed by atoms with Gasteiger partial charge in [-0.15, -0.1) is 0 Å². The Hall–Kier alpha value is -4.70. The summed E-state index contributed by atoms with van der Waals surface area (Å²) in [7, 11) is 0. The first-order valence-corrected chi connectivity index (χ1v) is 12.8. The van der Waals surface area contributed by atoms with Gasteiger partial charge >= 0.3 is 5.97 Å². The van der Waals surface area contributed by atoms with E-state index in [1.165, 1.54) is 0 Å². The maximum atomic E-state index is 13.9. The lowest BCUT2D eigenvalue weighted by Crippen LogP contribution is -2.22. The number of aromatic nitrogens is 1. The van der Waals surface area contributed by atoms with Gasteiger partial charge in [0.2, 0.25) is 0 Å². The highest BCUT2D eigenvalue weighted by atomic mass is 16.5. The Balaban J connectivity index is 1.48. The van der Waals surface area contributed by atoms with Crippen LogP contribution in [0.25, 0.3) is 32.4 Å². The minimum Gasteiger partial charge on any atom is -0.451 e. The molecule has 0 saturated heterocycles. The second kappa shape index (κ2) is 9.64. The molecule has 4 heteroatoms. The van der Waals surface area contributed by atoms with Crippen molar-refractivity contribution in [3.05, 3.63) is 132 Å². The predicted octanol–water partition coefficient (Wildman–Crippen LogP) is 8.04. The van der Waals surface area contributed by atoms with Crippen LogP contribution in [0.5, 0.6) is 0 Å². The van der Waals surface area contributed by atoms with E-state index in [-0.39, 0.29) is 11.8 Å². The van der Waals surface area contributed by atoms with E-state index < -0.39 is 12.1 Å². The second-order valence-corrected chi connectivity index (χ2v) is 9.65. The maximum absolute atomic E-state index is 13.9. The van der Waals surface area contributed by atoms with Crippen LogP contribution < -0.4 is 0 Å². The lowest BCUT2D eigenvalue weighted by atomic mass is 9.92.